The third-order valence-electron chi connectivity index (χ3n) is 5.23. The Hall–Kier alpha value is -4.10. The number of anilines is 1. The molecule has 5 rings (SSSR count). The smallest absolute Gasteiger partial charge is 0.265 e. The van der Waals surface area contributed by atoms with E-state index in [0.717, 1.165) is 22.5 Å². The van der Waals surface area contributed by atoms with E-state index in [0.29, 0.717) is 23.8 Å². The predicted molar refractivity (Wildman–Crippen MR) is 118 cm³/mol. The molecule has 2 aromatic heterocycles. The summed E-state index contributed by atoms with van der Waals surface area (Å²) in [5, 5.41) is 1.82. The summed E-state index contributed by atoms with van der Waals surface area (Å²) < 4.78 is 19.2. The minimum Gasteiger partial charge on any atom is -0.482 e. The lowest BCUT2D eigenvalue weighted by Crippen LogP contribution is -2.71. The number of hydrogen-bond donors (Lipinski definition) is 1. The fourth-order valence-corrected chi connectivity index (χ4v) is 3.68. The van der Waals surface area contributed by atoms with E-state index < -0.39 is 0 Å². The summed E-state index contributed by atoms with van der Waals surface area (Å²) in [6, 6.07) is 21.6. The lowest BCUT2D eigenvalue weighted by molar-refractivity contribution is -0.483. The maximum Gasteiger partial charge on any atom is 0.265 e. The van der Waals surface area contributed by atoms with E-state index in [-0.39, 0.29) is 18.3 Å². The first-order valence-corrected chi connectivity index (χ1v) is 10.2. The van der Waals surface area contributed by atoms with Crippen LogP contribution in [0.3, 0.4) is 0 Å². The van der Waals surface area contributed by atoms with Crippen molar-refractivity contribution in [1.82, 2.24) is 9.97 Å². The highest BCUT2D eigenvalue weighted by atomic mass is 19.1. The van der Waals surface area contributed by atoms with Gasteiger partial charge in [0.2, 0.25) is 5.82 Å². The number of fused-ring (bicyclic) bond motifs is 1. The van der Waals surface area contributed by atoms with E-state index in [9.17, 15) is 9.18 Å². The molecule has 1 aliphatic rings. The molecule has 1 amide bonds. The average molecular weight is 427 g/mol. The van der Waals surface area contributed by atoms with Gasteiger partial charge >= 0.3 is 0 Å². The van der Waals surface area contributed by atoms with Gasteiger partial charge in [-0.15, -0.1) is 0 Å². The zero-order chi connectivity index (χ0) is 21.9. The molecular formula is C25H20FN4O2+. The molecule has 0 atom stereocenters. The highest BCUT2D eigenvalue weighted by Gasteiger charge is 2.26. The second-order valence-electron chi connectivity index (χ2n) is 7.44. The Balaban J connectivity index is 1.46. The number of benzene rings is 2. The molecule has 0 saturated carbocycles. The predicted octanol–water partition coefficient (Wildman–Crippen LogP) is 3.73. The fraction of sp³-hybridized carbons (Fsp3) is 0.0800. The third-order valence-corrected chi connectivity index (χ3v) is 5.23. The number of aromatic nitrogens is 2. The van der Waals surface area contributed by atoms with E-state index in [1.165, 1.54) is 12.1 Å². The van der Waals surface area contributed by atoms with Crippen LogP contribution in [-0.4, -0.2) is 22.5 Å². The number of pyridine rings is 2. The third kappa shape index (κ3) is 4.19. The number of nitrogens with two attached hydrogens (primary N) is 1. The van der Waals surface area contributed by atoms with Crippen LogP contribution in [0.4, 0.5) is 21.6 Å². The fourth-order valence-electron chi connectivity index (χ4n) is 3.68. The highest BCUT2D eigenvalue weighted by molar-refractivity contribution is 5.98. The molecule has 158 valence electrons. The molecule has 0 aliphatic carbocycles. The van der Waals surface area contributed by atoms with Gasteiger partial charge in [0.05, 0.1) is 17.9 Å². The number of amides is 1. The molecule has 2 aromatic carbocycles. The number of carbonyl (C=O) groups excluding carboxylic acids is 1. The van der Waals surface area contributed by atoms with E-state index in [1.807, 2.05) is 59.9 Å². The molecule has 2 N–H and O–H groups in total. The SMILES string of the molecule is O=C1COc2ccc(-c3ccnc([NH2+]c4cccc(F)c4)c3)cc2N1Cc1ccccn1. The van der Waals surface area contributed by atoms with Gasteiger partial charge in [0.15, 0.2) is 6.61 Å². The number of hydrogen-bond acceptors (Lipinski definition) is 4. The van der Waals surface area contributed by atoms with Gasteiger partial charge < -0.3 is 4.74 Å². The zero-order valence-corrected chi connectivity index (χ0v) is 17.1. The summed E-state index contributed by atoms with van der Waals surface area (Å²) >= 11 is 0. The summed E-state index contributed by atoms with van der Waals surface area (Å²) in [4.78, 5) is 23.1. The Morgan fingerprint density at radius 2 is 1.84 bits per heavy atom. The summed E-state index contributed by atoms with van der Waals surface area (Å²) in [5.74, 6) is 0.964. The van der Waals surface area contributed by atoms with Crippen LogP contribution in [-0.2, 0) is 11.3 Å². The summed E-state index contributed by atoms with van der Waals surface area (Å²) in [6.45, 7) is 0.371. The molecule has 0 unspecified atom stereocenters. The molecule has 0 radical (unpaired) electrons. The number of carbonyl (C=O) groups is 1. The Bertz CT molecular complexity index is 1280. The van der Waals surface area contributed by atoms with Crippen LogP contribution in [0.15, 0.2) is 85.2 Å². The van der Waals surface area contributed by atoms with Crippen LogP contribution < -0.4 is 15.0 Å². The molecule has 0 bridgehead atoms. The van der Waals surface area contributed by atoms with E-state index in [1.54, 1.807) is 23.4 Å². The molecular weight excluding hydrogens is 407 g/mol. The topological polar surface area (TPSA) is 71.9 Å². The van der Waals surface area contributed by atoms with Crippen LogP contribution in [0.2, 0.25) is 0 Å². The molecule has 0 spiro atoms. The van der Waals surface area contributed by atoms with Crippen LogP contribution in [0.5, 0.6) is 5.75 Å². The summed E-state index contributed by atoms with van der Waals surface area (Å²) in [5.41, 5.74) is 4.10. The highest BCUT2D eigenvalue weighted by Crippen LogP contribution is 2.37. The zero-order valence-electron chi connectivity index (χ0n) is 17.1. The molecule has 4 aromatic rings. The van der Waals surface area contributed by atoms with Crippen molar-refractivity contribution in [2.24, 2.45) is 0 Å². The van der Waals surface area contributed by atoms with Crippen molar-refractivity contribution in [3.05, 3.63) is 96.7 Å². The first-order valence-electron chi connectivity index (χ1n) is 10.2. The normalized spacial score (nSPS) is 12.9. The van der Waals surface area contributed by atoms with Gasteiger partial charge in [0.25, 0.3) is 5.91 Å². The van der Waals surface area contributed by atoms with Gasteiger partial charge in [-0.2, -0.15) is 0 Å². The van der Waals surface area contributed by atoms with Gasteiger partial charge in [0, 0.05) is 24.5 Å². The molecule has 3 heterocycles. The van der Waals surface area contributed by atoms with Gasteiger partial charge in [-0.05, 0) is 53.6 Å². The first-order chi connectivity index (χ1) is 15.7. The van der Waals surface area contributed by atoms with Crippen molar-refractivity contribution in [3.8, 4) is 16.9 Å². The van der Waals surface area contributed by atoms with Gasteiger partial charge in [-0.3, -0.25) is 20.0 Å². The second-order valence-corrected chi connectivity index (χ2v) is 7.44. The molecule has 32 heavy (non-hydrogen) atoms. The van der Waals surface area contributed by atoms with Crippen LogP contribution in [0.1, 0.15) is 5.69 Å². The van der Waals surface area contributed by atoms with Gasteiger partial charge in [-0.1, -0.05) is 18.2 Å². The lowest BCUT2D eigenvalue weighted by Gasteiger charge is -2.29. The van der Waals surface area contributed by atoms with Crippen molar-refractivity contribution < 1.29 is 19.2 Å². The maximum absolute atomic E-state index is 13.5. The van der Waals surface area contributed by atoms with Crippen molar-refractivity contribution in [3.63, 3.8) is 0 Å². The van der Waals surface area contributed by atoms with Crippen molar-refractivity contribution in [1.29, 1.82) is 0 Å². The maximum atomic E-state index is 13.5. The number of halogens is 1. The standard InChI is InChI=1S/C25H19FN4O2/c26-19-4-3-6-20(14-19)29-24-13-18(9-11-28-24)17-7-8-23-22(12-17)30(25(31)16-32-23)15-21-5-1-2-10-27-21/h1-14H,15-16H2,(H,28,29)/p+1. The van der Waals surface area contributed by atoms with Crippen molar-refractivity contribution in [2.75, 3.05) is 11.5 Å². The largest absolute Gasteiger partial charge is 0.482 e. The van der Waals surface area contributed by atoms with Crippen LogP contribution in [0, 0.1) is 5.82 Å². The lowest BCUT2D eigenvalue weighted by atomic mass is 10.0. The second kappa shape index (κ2) is 8.56. The summed E-state index contributed by atoms with van der Waals surface area (Å²) in [7, 11) is 0. The number of nitrogens with zero attached hydrogens (tertiary/aromatic N) is 3. The number of rotatable bonds is 5. The molecule has 0 fully saturated rings. The quantitative estimate of drug-likeness (QED) is 0.493. The Morgan fingerprint density at radius 1 is 0.938 bits per heavy atom. The van der Waals surface area contributed by atoms with E-state index >= 15 is 0 Å². The minimum atomic E-state index is -0.290. The number of ether oxygens (including phenoxy) is 1. The monoisotopic (exact) mass is 427 g/mol. The van der Waals surface area contributed by atoms with E-state index in [2.05, 4.69) is 9.97 Å². The van der Waals surface area contributed by atoms with Crippen LogP contribution >= 0.6 is 0 Å². The first kappa shape index (κ1) is 19.8. The number of quaternary nitrogens is 1. The molecule has 0 saturated heterocycles. The molecule has 7 heteroatoms. The van der Waals surface area contributed by atoms with Crippen molar-refractivity contribution in [2.45, 2.75) is 6.54 Å². The Labute approximate surface area is 184 Å². The van der Waals surface area contributed by atoms with E-state index in [4.69, 9.17) is 4.74 Å². The minimum absolute atomic E-state index is 0.00117. The molecule has 1 aliphatic heterocycles. The average Bonchev–Trinajstić information content (AvgIpc) is 2.81. The molecule has 6 nitrogen and oxygen atoms in total. The van der Waals surface area contributed by atoms with Crippen molar-refractivity contribution >= 4 is 23.1 Å². The van der Waals surface area contributed by atoms with Crippen LogP contribution in [0.25, 0.3) is 11.1 Å². The Kier molecular flexibility index (Phi) is 5.31. The summed E-state index contributed by atoms with van der Waals surface area (Å²) in [6.07, 6.45) is 3.43. The Morgan fingerprint density at radius 3 is 2.69 bits per heavy atom. The van der Waals surface area contributed by atoms with Gasteiger partial charge in [-0.25, -0.2) is 9.37 Å². The van der Waals surface area contributed by atoms with Gasteiger partial charge in [0.1, 0.15) is 17.3 Å².